The lowest BCUT2D eigenvalue weighted by Crippen LogP contribution is -2.61. The van der Waals surface area contributed by atoms with Crippen LogP contribution in [0, 0.1) is 13.8 Å². The first-order chi connectivity index (χ1) is 35.1. The zero-order valence-corrected chi connectivity index (χ0v) is 39.0. The van der Waals surface area contributed by atoms with E-state index < -0.39 is 0 Å². The minimum Gasteiger partial charge on any atom is -0.458 e. The van der Waals surface area contributed by atoms with Crippen molar-refractivity contribution in [1.82, 2.24) is 0 Å². The summed E-state index contributed by atoms with van der Waals surface area (Å²) in [6.45, 7) is 4.11. The van der Waals surface area contributed by atoms with E-state index in [0.29, 0.717) is 0 Å². The van der Waals surface area contributed by atoms with E-state index in [1.807, 2.05) is 12.1 Å². The molecule has 0 radical (unpaired) electrons. The van der Waals surface area contributed by atoms with Crippen LogP contribution in [-0.2, 0) is 0 Å². The molecule has 5 heterocycles. The van der Waals surface area contributed by atoms with Crippen molar-refractivity contribution in [3.8, 4) is 46.0 Å². The summed E-state index contributed by atoms with van der Waals surface area (Å²) in [7, 11) is 0. The highest BCUT2D eigenvalue weighted by atomic mass is 16.5. The van der Waals surface area contributed by atoms with Gasteiger partial charge in [0.1, 0.15) is 46.0 Å². The maximum absolute atomic E-state index is 7.38. The van der Waals surface area contributed by atoms with Gasteiger partial charge in [-0.15, -0.1) is 0 Å². The van der Waals surface area contributed by atoms with E-state index in [-0.39, 0.29) is 19.3 Å². The second-order valence-corrected chi connectivity index (χ2v) is 19.2. The van der Waals surface area contributed by atoms with Crippen molar-refractivity contribution in [3.05, 3.63) is 240 Å². The molecule has 0 saturated carbocycles. The Kier molecular flexibility index (Phi) is 8.64. The largest absolute Gasteiger partial charge is 0.458 e. The number of anilines is 6. The number of hydrogen-bond acceptors (Lipinski definition) is 6. The summed E-state index contributed by atoms with van der Waals surface area (Å²) in [6.07, 6.45) is 0. The topological polar surface area (TPSA) is 43.4 Å². The number of para-hydroxylation sites is 6. The van der Waals surface area contributed by atoms with Gasteiger partial charge in [-0.3, -0.25) is 0 Å². The molecule has 10 aromatic rings. The van der Waals surface area contributed by atoms with Gasteiger partial charge < -0.3 is 28.7 Å². The molecular weight excluding hydrogens is 870 g/mol. The molecule has 1 unspecified atom stereocenters. The molecule has 0 spiro atoms. The molecule has 334 valence electrons. The Labute approximate surface area is 413 Å². The number of nitrogens with zero attached hydrogens (tertiary/aromatic N) is 2. The second-order valence-electron chi connectivity index (χ2n) is 19.2. The number of ether oxygens (including phenoxy) is 4. The molecule has 0 fully saturated rings. The Morgan fingerprint density at radius 3 is 1.55 bits per heavy atom. The molecular formula is C63H42B2N2O4. The van der Waals surface area contributed by atoms with Crippen molar-refractivity contribution in [2.45, 2.75) is 19.8 Å². The van der Waals surface area contributed by atoms with Crippen LogP contribution in [0.3, 0.4) is 0 Å². The molecule has 5 aliphatic heterocycles. The van der Waals surface area contributed by atoms with Gasteiger partial charge in [0.05, 0.1) is 17.1 Å². The molecule has 6 nitrogen and oxygen atoms in total. The molecule has 15 rings (SSSR count). The van der Waals surface area contributed by atoms with Gasteiger partial charge in [0.15, 0.2) is 0 Å². The molecule has 0 amide bonds. The average molecular weight is 913 g/mol. The third-order valence-corrected chi connectivity index (χ3v) is 15.2. The van der Waals surface area contributed by atoms with Gasteiger partial charge >= 0.3 is 0 Å². The predicted molar refractivity (Wildman–Crippen MR) is 288 cm³/mol. The second kappa shape index (κ2) is 15.3. The number of rotatable bonds is 5. The Bertz CT molecular complexity index is 3790. The van der Waals surface area contributed by atoms with Gasteiger partial charge in [0, 0.05) is 63.7 Å². The van der Waals surface area contributed by atoms with Crippen molar-refractivity contribution < 1.29 is 18.9 Å². The van der Waals surface area contributed by atoms with Gasteiger partial charge in [-0.25, -0.2) is 0 Å². The van der Waals surface area contributed by atoms with E-state index in [1.54, 1.807) is 0 Å². The fraction of sp³-hybridized carbons (Fsp3) is 0.0476. The molecule has 0 saturated heterocycles. The lowest BCUT2D eigenvalue weighted by molar-refractivity contribution is 0.450. The van der Waals surface area contributed by atoms with Crippen LogP contribution in [-0.4, -0.2) is 13.4 Å². The Morgan fingerprint density at radius 1 is 0.380 bits per heavy atom. The fourth-order valence-electron chi connectivity index (χ4n) is 12.3. The quantitative estimate of drug-likeness (QED) is 0.160. The van der Waals surface area contributed by atoms with Gasteiger partial charge in [0.25, 0.3) is 13.4 Å². The van der Waals surface area contributed by atoms with E-state index in [2.05, 4.69) is 224 Å². The highest BCUT2D eigenvalue weighted by Gasteiger charge is 2.48. The van der Waals surface area contributed by atoms with E-state index in [0.717, 1.165) is 118 Å². The van der Waals surface area contributed by atoms with E-state index in [9.17, 15) is 0 Å². The molecule has 0 bridgehead atoms. The standard InChI is InChI=1S/C63H42B2N2O4/c1-38-19-18-20-39(2)58(38)59-44-27-12-15-30-49(44)67(42-25-10-5-11-26-42)50-36-57-62-63(60(50)59)71-52-32-17-14-29-46(52)65(62)48-35-47-53(37-54(48)70-57)69-56-34-43(33-55-61(56)64(47)45-28-13-16-31-51(45)68-55)66(40-21-6-3-7-22-40)41-23-8-4-9-24-41/h3-37,59H,1-2H3. The molecule has 0 N–H and O–H groups in total. The van der Waals surface area contributed by atoms with Gasteiger partial charge in [-0.05, 0) is 113 Å². The van der Waals surface area contributed by atoms with Crippen molar-refractivity contribution >= 4 is 80.3 Å². The van der Waals surface area contributed by atoms with Crippen molar-refractivity contribution in [2.75, 3.05) is 9.80 Å². The van der Waals surface area contributed by atoms with E-state index >= 15 is 0 Å². The van der Waals surface area contributed by atoms with Crippen LogP contribution in [0.1, 0.15) is 33.7 Å². The minimum atomic E-state index is -0.200. The summed E-state index contributed by atoms with van der Waals surface area (Å²) in [5, 5.41) is 0. The fourth-order valence-corrected chi connectivity index (χ4v) is 12.3. The Balaban J connectivity index is 0.963. The van der Waals surface area contributed by atoms with Crippen LogP contribution in [0.4, 0.5) is 34.1 Å². The molecule has 8 heteroatoms. The SMILES string of the molecule is Cc1cccc(C)c1C1c2ccccc2N(c2ccccc2)c2cc3c4c(c21)Oc1ccccc1B4c1cc2c(cc1O3)Oc1cc(N(c3ccccc3)c3ccccc3)cc3c1B2c1ccccc1O3. The van der Waals surface area contributed by atoms with Crippen LogP contribution in [0.5, 0.6) is 46.0 Å². The predicted octanol–water partition coefficient (Wildman–Crippen LogP) is 12.2. The summed E-state index contributed by atoms with van der Waals surface area (Å²) in [6, 6.07) is 75.1. The normalized spacial score (nSPS) is 14.6. The average Bonchev–Trinajstić information content (AvgIpc) is 3.41. The Hall–Kier alpha value is -8.87. The monoisotopic (exact) mass is 912 g/mol. The summed E-state index contributed by atoms with van der Waals surface area (Å²) < 4.78 is 28.8. The number of benzene rings is 10. The minimum absolute atomic E-state index is 0.120. The van der Waals surface area contributed by atoms with Crippen molar-refractivity contribution in [2.24, 2.45) is 0 Å². The number of hydrogen-bond donors (Lipinski definition) is 0. The zero-order valence-electron chi connectivity index (χ0n) is 39.0. The maximum Gasteiger partial charge on any atom is 0.260 e. The van der Waals surface area contributed by atoms with Gasteiger partial charge in [-0.2, -0.15) is 0 Å². The molecule has 10 aromatic carbocycles. The summed E-state index contributed by atoms with van der Waals surface area (Å²) >= 11 is 0. The van der Waals surface area contributed by atoms with Gasteiger partial charge in [0.2, 0.25) is 0 Å². The molecule has 0 aromatic heterocycles. The van der Waals surface area contributed by atoms with Crippen LogP contribution < -0.4 is 61.5 Å². The van der Waals surface area contributed by atoms with Crippen LogP contribution in [0.25, 0.3) is 0 Å². The highest BCUT2D eigenvalue weighted by molar-refractivity contribution is 7.01. The first kappa shape index (κ1) is 40.1. The maximum atomic E-state index is 7.38. The summed E-state index contributed by atoms with van der Waals surface area (Å²) in [5.41, 5.74) is 18.7. The smallest absolute Gasteiger partial charge is 0.260 e. The first-order valence-electron chi connectivity index (χ1n) is 24.4. The highest BCUT2D eigenvalue weighted by Crippen LogP contribution is 2.57. The summed E-state index contributed by atoms with van der Waals surface area (Å²) in [5.74, 6) is 6.20. The van der Waals surface area contributed by atoms with Crippen molar-refractivity contribution in [3.63, 3.8) is 0 Å². The first-order valence-corrected chi connectivity index (χ1v) is 24.4. The molecule has 0 aliphatic carbocycles. The molecule has 71 heavy (non-hydrogen) atoms. The van der Waals surface area contributed by atoms with Crippen molar-refractivity contribution in [1.29, 1.82) is 0 Å². The van der Waals surface area contributed by atoms with Crippen LogP contribution >= 0.6 is 0 Å². The third kappa shape index (κ3) is 5.91. The lowest BCUT2D eigenvalue weighted by atomic mass is 9.31. The van der Waals surface area contributed by atoms with E-state index in [1.165, 1.54) is 22.3 Å². The van der Waals surface area contributed by atoms with E-state index in [4.69, 9.17) is 18.9 Å². The third-order valence-electron chi connectivity index (χ3n) is 15.2. The molecule has 1 atom stereocenters. The number of aryl methyl sites for hydroxylation is 2. The number of fused-ring (bicyclic) bond motifs is 11. The molecule has 5 aliphatic rings. The van der Waals surface area contributed by atoms with Gasteiger partial charge in [-0.1, -0.05) is 133 Å². The van der Waals surface area contributed by atoms with Crippen LogP contribution in [0.2, 0.25) is 0 Å². The van der Waals surface area contributed by atoms with Crippen LogP contribution in [0.15, 0.2) is 212 Å². The summed E-state index contributed by atoms with van der Waals surface area (Å²) in [4.78, 5) is 4.65. The zero-order chi connectivity index (χ0) is 46.9. The lowest BCUT2D eigenvalue weighted by Gasteiger charge is -2.43. The Morgan fingerprint density at radius 2 is 0.901 bits per heavy atom.